The van der Waals surface area contributed by atoms with Crippen molar-refractivity contribution >= 4 is 11.6 Å². The van der Waals surface area contributed by atoms with Crippen LogP contribution in [0.2, 0.25) is 5.02 Å². The maximum Gasteiger partial charge on any atom is 0.416 e. The number of nitrogens with zero attached hydrogens (tertiary/aromatic N) is 3. The minimum absolute atomic E-state index is 0.0284. The zero-order chi connectivity index (χ0) is 19.4. The van der Waals surface area contributed by atoms with Crippen molar-refractivity contribution in [3.63, 3.8) is 0 Å². The molecule has 0 atom stereocenters. The van der Waals surface area contributed by atoms with E-state index in [0.29, 0.717) is 11.4 Å². The van der Waals surface area contributed by atoms with Crippen LogP contribution < -0.4 is 4.74 Å². The summed E-state index contributed by atoms with van der Waals surface area (Å²) in [4.78, 5) is 0. The van der Waals surface area contributed by atoms with Gasteiger partial charge in [0.1, 0.15) is 17.5 Å². The molecule has 9 heteroatoms. The number of hydrogen-bond acceptors (Lipinski definition) is 4. The molecule has 1 heterocycles. The minimum Gasteiger partial charge on any atom is -0.493 e. The Balaban J connectivity index is 1.84. The van der Waals surface area contributed by atoms with Gasteiger partial charge >= 0.3 is 6.18 Å². The predicted molar refractivity (Wildman–Crippen MR) is 92.2 cm³/mol. The third kappa shape index (κ3) is 4.57. The largest absolute Gasteiger partial charge is 0.493 e. The van der Waals surface area contributed by atoms with Crippen molar-refractivity contribution in [2.75, 3.05) is 6.61 Å². The Morgan fingerprint density at radius 3 is 2.52 bits per heavy atom. The summed E-state index contributed by atoms with van der Waals surface area (Å²) >= 11 is 5.82. The van der Waals surface area contributed by atoms with Crippen LogP contribution in [0.15, 0.2) is 42.5 Å². The molecule has 3 aromatic rings. The molecule has 1 aromatic heterocycles. The lowest BCUT2D eigenvalue weighted by Crippen LogP contribution is -2.07. The molecule has 0 saturated heterocycles. The van der Waals surface area contributed by atoms with Crippen LogP contribution in [0.1, 0.15) is 16.8 Å². The average molecular weight is 393 g/mol. The van der Waals surface area contributed by atoms with Crippen LogP contribution >= 0.6 is 11.6 Å². The second kappa shape index (κ2) is 7.68. The number of aromatic amines is 1. The molecule has 0 fully saturated rings. The number of halogens is 4. The number of rotatable bonds is 5. The topological polar surface area (TPSA) is 74.6 Å². The van der Waals surface area contributed by atoms with Crippen molar-refractivity contribution in [1.82, 2.24) is 15.4 Å². The molecular weight excluding hydrogens is 381 g/mol. The number of alkyl halides is 3. The van der Waals surface area contributed by atoms with E-state index in [1.165, 1.54) is 6.07 Å². The highest BCUT2D eigenvalue weighted by atomic mass is 35.5. The van der Waals surface area contributed by atoms with Gasteiger partial charge in [-0.15, -0.1) is 5.10 Å². The molecule has 0 aliphatic rings. The first-order valence-electron chi connectivity index (χ1n) is 7.77. The fraction of sp³-hybridized carbons (Fsp3) is 0.167. The van der Waals surface area contributed by atoms with Crippen molar-refractivity contribution in [1.29, 1.82) is 5.26 Å². The van der Waals surface area contributed by atoms with Crippen LogP contribution in [0.25, 0.3) is 11.3 Å². The van der Waals surface area contributed by atoms with Gasteiger partial charge in [0.15, 0.2) is 5.69 Å². The molecule has 5 nitrogen and oxygen atoms in total. The van der Waals surface area contributed by atoms with Gasteiger partial charge in [-0.2, -0.15) is 28.7 Å². The van der Waals surface area contributed by atoms with Gasteiger partial charge < -0.3 is 4.74 Å². The summed E-state index contributed by atoms with van der Waals surface area (Å²) < 4.78 is 45.2. The lowest BCUT2D eigenvalue weighted by molar-refractivity contribution is -0.137. The van der Waals surface area contributed by atoms with Gasteiger partial charge in [-0.1, -0.05) is 23.7 Å². The molecule has 0 unspecified atom stereocenters. The van der Waals surface area contributed by atoms with E-state index in [2.05, 4.69) is 15.4 Å². The highest BCUT2D eigenvalue weighted by Gasteiger charge is 2.32. The SMILES string of the molecule is N#Cc1n[nH]nc1-c1cc(OCCc2ccc(Cl)cc2)cc(C(F)(F)F)c1. The Bertz CT molecular complexity index is 978. The summed E-state index contributed by atoms with van der Waals surface area (Å²) in [5.74, 6) is 0.0284. The fourth-order valence-corrected chi connectivity index (χ4v) is 2.56. The molecule has 0 amide bonds. The second-order valence-corrected chi connectivity index (χ2v) is 6.04. The summed E-state index contributed by atoms with van der Waals surface area (Å²) in [7, 11) is 0. The maximum absolute atomic E-state index is 13.2. The number of H-pyrrole nitrogens is 1. The molecule has 1 N–H and O–H groups in total. The normalized spacial score (nSPS) is 11.2. The van der Waals surface area contributed by atoms with Crippen molar-refractivity contribution in [3.05, 3.63) is 64.3 Å². The summed E-state index contributed by atoms with van der Waals surface area (Å²) in [6, 6.07) is 12.1. The predicted octanol–water partition coefficient (Wildman–Crippen LogP) is 4.64. The Morgan fingerprint density at radius 2 is 1.85 bits per heavy atom. The average Bonchev–Trinajstić information content (AvgIpc) is 3.11. The number of nitrogens with one attached hydrogen (secondary N) is 1. The van der Waals surface area contributed by atoms with Crippen LogP contribution in [-0.4, -0.2) is 22.0 Å². The first-order valence-corrected chi connectivity index (χ1v) is 8.15. The Morgan fingerprint density at radius 1 is 1.11 bits per heavy atom. The van der Waals surface area contributed by atoms with E-state index in [1.807, 2.05) is 12.1 Å². The molecule has 0 aliphatic heterocycles. The Labute approximate surface area is 157 Å². The van der Waals surface area contributed by atoms with Crippen LogP contribution in [0, 0.1) is 11.3 Å². The van der Waals surface area contributed by atoms with Gasteiger partial charge in [0.05, 0.1) is 12.2 Å². The van der Waals surface area contributed by atoms with Crippen molar-refractivity contribution < 1.29 is 17.9 Å². The summed E-state index contributed by atoms with van der Waals surface area (Å²) in [5.41, 5.74) is 0.0764. The first-order chi connectivity index (χ1) is 12.9. The van der Waals surface area contributed by atoms with E-state index in [1.54, 1.807) is 18.2 Å². The zero-order valence-electron chi connectivity index (χ0n) is 13.7. The van der Waals surface area contributed by atoms with Crippen molar-refractivity contribution in [2.45, 2.75) is 12.6 Å². The fourth-order valence-electron chi connectivity index (χ4n) is 2.43. The lowest BCUT2D eigenvalue weighted by atomic mass is 10.1. The molecule has 2 aromatic carbocycles. The quantitative estimate of drug-likeness (QED) is 0.686. The van der Waals surface area contributed by atoms with E-state index in [-0.39, 0.29) is 29.3 Å². The summed E-state index contributed by atoms with van der Waals surface area (Å²) in [6.07, 6.45) is -4.07. The Hall–Kier alpha value is -3.05. The zero-order valence-corrected chi connectivity index (χ0v) is 14.5. The highest BCUT2D eigenvalue weighted by Crippen LogP contribution is 2.35. The molecule has 3 rings (SSSR count). The van der Waals surface area contributed by atoms with E-state index >= 15 is 0 Å². The van der Waals surface area contributed by atoms with Crippen LogP contribution in [0.4, 0.5) is 13.2 Å². The first kappa shape index (κ1) is 18.7. The smallest absolute Gasteiger partial charge is 0.416 e. The van der Waals surface area contributed by atoms with Crippen LogP contribution in [-0.2, 0) is 12.6 Å². The number of nitriles is 1. The number of ether oxygens (including phenoxy) is 1. The van der Waals surface area contributed by atoms with Crippen molar-refractivity contribution in [2.24, 2.45) is 0 Å². The third-order valence-corrected chi connectivity index (χ3v) is 3.99. The van der Waals surface area contributed by atoms with E-state index < -0.39 is 11.7 Å². The standard InChI is InChI=1S/C18H12ClF3N4O/c19-14-3-1-11(2-4-14)5-6-27-15-8-12(7-13(9-15)18(20,21)22)17-16(10-23)24-26-25-17/h1-4,7-9H,5-6H2,(H,24,25,26). The van der Waals surface area contributed by atoms with E-state index in [4.69, 9.17) is 21.6 Å². The minimum atomic E-state index is -4.57. The Kier molecular flexibility index (Phi) is 5.33. The third-order valence-electron chi connectivity index (χ3n) is 3.73. The van der Waals surface area contributed by atoms with Gasteiger partial charge in [-0.3, -0.25) is 0 Å². The molecule has 0 spiro atoms. The van der Waals surface area contributed by atoms with Crippen LogP contribution in [0.3, 0.4) is 0 Å². The van der Waals surface area contributed by atoms with Crippen molar-refractivity contribution in [3.8, 4) is 23.1 Å². The summed E-state index contributed by atoms with van der Waals surface area (Å²) in [5, 5.41) is 19.2. The summed E-state index contributed by atoms with van der Waals surface area (Å²) in [6.45, 7) is 0.173. The number of aromatic nitrogens is 3. The molecule has 0 bridgehead atoms. The van der Waals surface area contributed by atoms with Gasteiger partial charge in [-0.25, -0.2) is 0 Å². The number of hydrogen-bond donors (Lipinski definition) is 1. The van der Waals surface area contributed by atoms with E-state index in [9.17, 15) is 13.2 Å². The maximum atomic E-state index is 13.2. The number of benzene rings is 2. The molecular formula is C18H12ClF3N4O. The van der Waals surface area contributed by atoms with Crippen LogP contribution in [0.5, 0.6) is 5.75 Å². The molecule has 0 aliphatic carbocycles. The second-order valence-electron chi connectivity index (χ2n) is 5.60. The molecule has 138 valence electrons. The molecule has 0 saturated carbocycles. The lowest BCUT2D eigenvalue weighted by Gasteiger charge is -2.12. The van der Waals surface area contributed by atoms with Gasteiger partial charge in [0, 0.05) is 17.0 Å². The molecule has 27 heavy (non-hydrogen) atoms. The van der Waals surface area contributed by atoms with Gasteiger partial charge in [0.2, 0.25) is 0 Å². The highest BCUT2D eigenvalue weighted by molar-refractivity contribution is 6.30. The van der Waals surface area contributed by atoms with Gasteiger partial charge in [-0.05, 0) is 35.9 Å². The monoisotopic (exact) mass is 392 g/mol. The molecule has 0 radical (unpaired) electrons. The van der Waals surface area contributed by atoms with Gasteiger partial charge in [0.25, 0.3) is 0 Å². The van der Waals surface area contributed by atoms with E-state index in [0.717, 1.165) is 17.7 Å².